The quantitative estimate of drug-likeness (QED) is 0.806. The SMILES string of the molecule is CCc1cc(Cn2cnc(N)c2)n(C)n1. The van der Waals surface area contributed by atoms with E-state index in [1.165, 1.54) is 0 Å². The van der Waals surface area contributed by atoms with Gasteiger partial charge < -0.3 is 10.3 Å². The van der Waals surface area contributed by atoms with Crippen LogP contribution in [0.15, 0.2) is 18.6 Å². The molecular weight excluding hydrogens is 190 g/mol. The number of imidazole rings is 1. The lowest BCUT2D eigenvalue weighted by atomic mass is 10.3. The van der Waals surface area contributed by atoms with E-state index < -0.39 is 0 Å². The van der Waals surface area contributed by atoms with Crippen molar-refractivity contribution in [2.45, 2.75) is 19.9 Å². The minimum Gasteiger partial charge on any atom is -0.382 e. The number of hydrogen-bond acceptors (Lipinski definition) is 3. The van der Waals surface area contributed by atoms with Crippen LogP contribution in [-0.2, 0) is 20.0 Å². The molecule has 0 aromatic carbocycles. The zero-order chi connectivity index (χ0) is 10.8. The van der Waals surface area contributed by atoms with E-state index in [2.05, 4.69) is 23.1 Å². The molecular formula is C10H15N5. The molecule has 2 aromatic heterocycles. The summed E-state index contributed by atoms with van der Waals surface area (Å²) in [6.45, 7) is 2.86. The Balaban J connectivity index is 2.20. The second-order valence-corrected chi connectivity index (χ2v) is 3.58. The maximum absolute atomic E-state index is 5.55. The van der Waals surface area contributed by atoms with E-state index in [9.17, 15) is 0 Å². The number of aromatic nitrogens is 4. The molecule has 0 aliphatic carbocycles. The molecule has 0 saturated carbocycles. The summed E-state index contributed by atoms with van der Waals surface area (Å²) >= 11 is 0. The van der Waals surface area contributed by atoms with Gasteiger partial charge in [-0.25, -0.2) is 4.98 Å². The predicted molar refractivity (Wildman–Crippen MR) is 58.3 cm³/mol. The van der Waals surface area contributed by atoms with Crippen LogP contribution >= 0.6 is 0 Å². The first-order valence-corrected chi connectivity index (χ1v) is 4.98. The summed E-state index contributed by atoms with van der Waals surface area (Å²) in [5, 5.41) is 4.38. The van der Waals surface area contributed by atoms with Crippen LogP contribution in [0.25, 0.3) is 0 Å². The lowest BCUT2D eigenvalue weighted by molar-refractivity contribution is 0.660. The number of nitrogens with two attached hydrogens (primary N) is 1. The maximum atomic E-state index is 5.55. The molecule has 0 radical (unpaired) electrons. The van der Waals surface area contributed by atoms with Gasteiger partial charge in [-0.05, 0) is 12.5 Å². The molecule has 2 heterocycles. The molecule has 0 amide bonds. The van der Waals surface area contributed by atoms with Gasteiger partial charge in [-0.1, -0.05) is 6.92 Å². The maximum Gasteiger partial charge on any atom is 0.141 e. The first kappa shape index (κ1) is 9.76. The first-order valence-electron chi connectivity index (χ1n) is 4.98. The lowest BCUT2D eigenvalue weighted by Gasteiger charge is -2.01. The molecule has 0 aliphatic heterocycles. The van der Waals surface area contributed by atoms with E-state index in [4.69, 9.17) is 5.73 Å². The van der Waals surface area contributed by atoms with Crippen LogP contribution in [0.1, 0.15) is 18.3 Å². The van der Waals surface area contributed by atoms with Crippen LogP contribution < -0.4 is 5.73 Å². The molecule has 0 bridgehead atoms. The molecule has 5 heteroatoms. The van der Waals surface area contributed by atoms with E-state index in [1.54, 1.807) is 6.33 Å². The van der Waals surface area contributed by atoms with Crippen LogP contribution in [0.5, 0.6) is 0 Å². The summed E-state index contributed by atoms with van der Waals surface area (Å²) in [7, 11) is 1.95. The Morgan fingerprint density at radius 2 is 2.27 bits per heavy atom. The average Bonchev–Trinajstić information content (AvgIpc) is 2.75. The second-order valence-electron chi connectivity index (χ2n) is 3.58. The van der Waals surface area contributed by atoms with E-state index in [1.807, 2.05) is 22.5 Å². The zero-order valence-electron chi connectivity index (χ0n) is 9.01. The number of aryl methyl sites for hydroxylation is 2. The molecule has 0 fully saturated rings. The Morgan fingerprint density at radius 3 is 2.80 bits per heavy atom. The van der Waals surface area contributed by atoms with Crippen molar-refractivity contribution in [3.8, 4) is 0 Å². The van der Waals surface area contributed by atoms with Gasteiger partial charge in [0.15, 0.2) is 0 Å². The molecule has 15 heavy (non-hydrogen) atoms. The number of hydrogen-bond donors (Lipinski definition) is 1. The van der Waals surface area contributed by atoms with Crippen LogP contribution in [0.4, 0.5) is 5.82 Å². The van der Waals surface area contributed by atoms with Crippen LogP contribution in [-0.4, -0.2) is 19.3 Å². The Labute approximate surface area is 88.5 Å². The molecule has 0 unspecified atom stereocenters. The zero-order valence-corrected chi connectivity index (χ0v) is 9.01. The average molecular weight is 205 g/mol. The van der Waals surface area contributed by atoms with Crippen molar-refractivity contribution < 1.29 is 0 Å². The monoisotopic (exact) mass is 205 g/mol. The summed E-state index contributed by atoms with van der Waals surface area (Å²) < 4.78 is 3.85. The van der Waals surface area contributed by atoms with Crippen LogP contribution in [0.3, 0.4) is 0 Å². The van der Waals surface area contributed by atoms with Crippen molar-refractivity contribution >= 4 is 5.82 Å². The van der Waals surface area contributed by atoms with E-state index in [0.717, 1.165) is 24.4 Å². The normalized spacial score (nSPS) is 10.8. The number of nitrogens with zero attached hydrogens (tertiary/aromatic N) is 4. The highest BCUT2D eigenvalue weighted by Gasteiger charge is 2.04. The highest BCUT2D eigenvalue weighted by Crippen LogP contribution is 2.07. The smallest absolute Gasteiger partial charge is 0.141 e. The van der Waals surface area contributed by atoms with Crippen molar-refractivity contribution in [1.29, 1.82) is 0 Å². The van der Waals surface area contributed by atoms with Gasteiger partial charge in [0.2, 0.25) is 0 Å². The molecule has 2 N–H and O–H groups in total. The fraction of sp³-hybridized carbons (Fsp3) is 0.400. The highest BCUT2D eigenvalue weighted by molar-refractivity contribution is 5.23. The van der Waals surface area contributed by atoms with Crippen molar-refractivity contribution in [1.82, 2.24) is 19.3 Å². The van der Waals surface area contributed by atoms with E-state index >= 15 is 0 Å². The summed E-state index contributed by atoms with van der Waals surface area (Å²) in [6, 6.07) is 2.11. The third-order valence-corrected chi connectivity index (χ3v) is 2.39. The Kier molecular flexibility index (Phi) is 2.45. The Hall–Kier alpha value is -1.78. The van der Waals surface area contributed by atoms with Gasteiger partial charge in [-0.15, -0.1) is 0 Å². The molecule has 0 atom stereocenters. The van der Waals surface area contributed by atoms with Gasteiger partial charge in [-0.2, -0.15) is 5.10 Å². The van der Waals surface area contributed by atoms with Crippen molar-refractivity contribution in [3.63, 3.8) is 0 Å². The minimum absolute atomic E-state index is 0.549. The topological polar surface area (TPSA) is 61.7 Å². The van der Waals surface area contributed by atoms with E-state index in [-0.39, 0.29) is 0 Å². The summed E-state index contributed by atoms with van der Waals surface area (Å²) in [5.41, 5.74) is 7.82. The summed E-state index contributed by atoms with van der Waals surface area (Å²) in [4.78, 5) is 3.98. The third-order valence-electron chi connectivity index (χ3n) is 2.39. The van der Waals surface area contributed by atoms with Crippen molar-refractivity contribution in [2.75, 3.05) is 5.73 Å². The molecule has 2 rings (SSSR count). The third kappa shape index (κ3) is 2.01. The van der Waals surface area contributed by atoms with Gasteiger partial charge in [0.1, 0.15) is 5.82 Å². The van der Waals surface area contributed by atoms with Gasteiger partial charge >= 0.3 is 0 Å². The predicted octanol–water partition coefficient (Wildman–Crippen LogP) is 0.809. The number of nitrogen functional groups attached to an aromatic ring is 1. The molecule has 80 valence electrons. The first-order chi connectivity index (χ1) is 7.19. The second kappa shape index (κ2) is 3.76. The molecule has 0 spiro atoms. The standard InChI is InChI=1S/C10H15N5/c1-3-8-4-9(14(2)13-8)5-15-6-10(11)12-7-15/h4,6-7H,3,5,11H2,1-2H3. The van der Waals surface area contributed by atoms with Gasteiger partial charge in [0.05, 0.1) is 24.3 Å². The molecule has 5 nitrogen and oxygen atoms in total. The summed E-state index contributed by atoms with van der Waals surface area (Å²) in [6.07, 6.45) is 4.51. The number of rotatable bonds is 3. The Bertz CT molecular complexity index is 454. The van der Waals surface area contributed by atoms with Gasteiger partial charge in [-0.3, -0.25) is 4.68 Å². The van der Waals surface area contributed by atoms with Crippen molar-refractivity contribution in [2.24, 2.45) is 7.05 Å². The number of anilines is 1. The van der Waals surface area contributed by atoms with Gasteiger partial charge in [0.25, 0.3) is 0 Å². The fourth-order valence-electron chi connectivity index (χ4n) is 1.54. The Morgan fingerprint density at radius 1 is 1.47 bits per heavy atom. The van der Waals surface area contributed by atoms with Gasteiger partial charge in [0, 0.05) is 13.2 Å². The molecule has 2 aromatic rings. The van der Waals surface area contributed by atoms with E-state index in [0.29, 0.717) is 5.82 Å². The summed E-state index contributed by atoms with van der Waals surface area (Å²) in [5.74, 6) is 0.549. The minimum atomic E-state index is 0.549. The van der Waals surface area contributed by atoms with Crippen molar-refractivity contribution in [3.05, 3.63) is 30.0 Å². The lowest BCUT2D eigenvalue weighted by Crippen LogP contribution is -2.03. The molecule has 0 aliphatic rings. The van der Waals surface area contributed by atoms with Crippen LogP contribution in [0.2, 0.25) is 0 Å². The fourth-order valence-corrected chi connectivity index (χ4v) is 1.54. The highest BCUT2D eigenvalue weighted by atomic mass is 15.3. The van der Waals surface area contributed by atoms with Crippen LogP contribution in [0, 0.1) is 0 Å². The largest absolute Gasteiger partial charge is 0.382 e. The molecule has 0 saturated heterocycles.